The summed E-state index contributed by atoms with van der Waals surface area (Å²) in [6, 6.07) is 13.2. The highest BCUT2D eigenvalue weighted by Crippen LogP contribution is 2.24. The summed E-state index contributed by atoms with van der Waals surface area (Å²) in [5.41, 5.74) is 1.36. The van der Waals surface area contributed by atoms with Crippen LogP contribution in [0.15, 0.2) is 48.5 Å². The van der Waals surface area contributed by atoms with Crippen molar-refractivity contribution in [2.24, 2.45) is 0 Å². The smallest absolute Gasteiger partial charge is 0.266 e. The molecule has 0 aromatic heterocycles. The highest BCUT2D eigenvalue weighted by molar-refractivity contribution is 6.21. The van der Waals surface area contributed by atoms with Gasteiger partial charge in [-0.25, -0.2) is 0 Å². The summed E-state index contributed by atoms with van der Waals surface area (Å²) in [6.45, 7) is 0.386. The molecule has 29 heavy (non-hydrogen) atoms. The van der Waals surface area contributed by atoms with E-state index >= 15 is 0 Å². The van der Waals surface area contributed by atoms with Crippen LogP contribution < -0.4 is 0 Å². The Labute approximate surface area is 166 Å². The fraction of sp³-hybridized carbons (Fsp3) is 0.238. The van der Waals surface area contributed by atoms with E-state index in [2.05, 4.69) is 0 Å². The zero-order chi connectivity index (χ0) is 20.4. The molecule has 2 aliphatic rings. The van der Waals surface area contributed by atoms with Gasteiger partial charge < -0.3 is 0 Å². The van der Waals surface area contributed by atoms with Crippen molar-refractivity contribution in [3.8, 4) is 0 Å². The topological polar surface area (TPSA) is 93.2 Å². The van der Waals surface area contributed by atoms with Crippen molar-refractivity contribution >= 4 is 23.6 Å². The van der Waals surface area contributed by atoms with Crippen LogP contribution in [0.2, 0.25) is 0 Å². The molecule has 8 nitrogen and oxygen atoms in total. The van der Waals surface area contributed by atoms with Crippen molar-refractivity contribution in [1.82, 2.24) is 10.1 Å². The van der Waals surface area contributed by atoms with Crippen molar-refractivity contribution in [3.63, 3.8) is 0 Å². The number of carbonyl (C=O) groups is 4. The zero-order valence-electron chi connectivity index (χ0n) is 15.5. The summed E-state index contributed by atoms with van der Waals surface area (Å²) in [4.78, 5) is 59.3. The van der Waals surface area contributed by atoms with Gasteiger partial charge in [-0.1, -0.05) is 24.3 Å². The molecule has 0 bridgehead atoms. The molecule has 2 heterocycles. The van der Waals surface area contributed by atoms with Crippen molar-refractivity contribution in [2.75, 3.05) is 13.2 Å². The fourth-order valence-electron chi connectivity index (χ4n) is 3.26. The third-order valence-electron chi connectivity index (χ3n) is 4.74. The number of benzene rings is 2. The van der Waals surface area contributed by atoms with Crippen molar-refractivity contribution in [2.45, 2.75) is 19.3 Å². The SMILES string of the molecule is O=C1c2ccccc2C(=O)N1OCCCCCON1C(=O)c2ccccc2C1=O. The van der Waals surface area contributed by atoms with E-state index in [9.17, 15) is 19.2 Å². The zero-order valence-corrected chi connectivity index (χ0v) is 15.5. The summed E-state index contributed by atoms with van der Waals surface area (Å²) < 4.78 is 0. The molecule has 0 N–H and O–H groups in total. The molecule has 8 heteroatoms. The lowest BCUT2D eigenvalue weighted by atomic mass is 10.1. The van der Waals surface area contributed by atoms with Crippen LogP contribution in [0.1, 0.15) is 60.7 Å². The number of hydrogen-bond donors (Lipinski definition) is 0. The lowest BCUT2D eigenvalue weighted by Gasteiger charge is -2.14. The van der Waals surface area contributed by atoms with E-state index < -0.39 is 23.6 Å². The van der Waals surface area contributed by atoms with E-state index in [0.29, 0.717) is 41.5 Å². The van der Waals surface area contributed by atoms with Crippen LogP contribution in [0.5, 0.6) is 0 Å². The van der Waals surface area contributed by atoms with E-state index in [-0.39, 0.29) is 13.2 Å². The van der Waals surface area contributed by atoms with Crippen LogP contribution in [0.4, 0.5) is 0 Å². The van der Waals surface area contributed by atoms with Crippen molar-refractivity contribution in [1.29, 1.82) is 0 Å². The van der Waals surface area contributed by atoms with Gasteiger partial charge in [-0.15, -0.1) is 10.1 Å². The van der Waals surface area contributed by atoms with Gasteiger partial charge in [-0.3, -0.25) is 28.9 Å². The van der Waals surface area contributed by atoms with Crippen LogP contribution >= 0.6 is 0 Å². The largest absolute Gasteiger partial charge is 0.285 e. The average Bonchev–Trinajstić information content (AvgIpc) is 3.13. The van der Waals surface area contributed by atoms with Crippen LogP contribution in [-0.4, -0.2) is 47.0 Å². The Bertz CT molecular complexity index is 853. The summed E-state index contributed by atoms with van der Waals surface area (Å²) in [7, 11) is 0. The standard InChI is InChI=1S/C21H18N2O6/c24-18-14-8-2-3-9-15(14)19(25)22(18)28-12-6-1-7-13-29-23-20(26)16-10-4-5-11-17(16)21(23)27/h2-5,8-11H,1,6-7,12-13H2. The van der Waals surface area contributed by atoms with Gasteiger partial charge in [0.25, 0.3) is 23.6 Å². The van der Waals surface area contributed by atoms with Gasteiger partial charge >= 0.3 is 0 Å². The number of carbonyl (C=O) groups excluding carboxylic acids is 4. The molecule has 0 spiro atoms. The Balaban J connectivity index is 1.17. The van der Waals surface area contributed by atoms with Gasteiger partial charge in [0.2, 0.25) is 0 Å². The number of fused-ring (bicyclic) bond motifs is 2. The molecule has 2 aliphatic heterocycles. The quantitative estimate of drug-likeness (QED) is 0.505. The first-order valence-corrected chi connectivity index (χ1v) is 9.31. The fourth-order valence-corrected chi connectivity index (χ4v) is 3.26. The van der Waals surface area contributed by atoms with Crippen LogP contribution in [0, 0.1) is 0 Å². The summed E-state index contributed by atoms with van der Waals surface area (Å²) in [5.74, 6) is -1.83. The van der Waals surface area contributed by atoms with E-state index in [1.54, 1.807) is 48.5 Å². The Hall–Kier alpha value is -3.36. The molecule has 148 valence electrons. The Morgan fingerprint density at radius 1 is 0.517 bits per heavy atom. The Kier molecular flexibility index (Phi) is 5.20. The third-order valence-corrected chi connectivity index (χ3v) is 4.74. The van der Waals surface area contributed by atoms with E-state index in [1.165, 1.54) is 0 Å². The maximum atomic E-state index is 12.2. The molecule has 0 atom stereocenters. The second-order valence-corrected chi connectivity index (χ2v) is 6.63. The molecule has 2 aromatic carbocycles. The number of imide groups is 2. The molecule has 0 radical (unpaired) electrons. The number of amides is 4. The van der Waals surface area contributed by atoms with Gasteiger partial charge in [-0.05, 0) is 43.5 Å². The van der Waals surface area contributed by atoms with Crippen LogP contribution in [0.3, 0.4) is 0 Å². The molecule has 0 saturated heterocycles. The second-order valence-electron chi connectivity index (χ2n) is 6.63. The van der Waals surface area contributed by atoms with Crippen LogP contribution in [0.25, 0.3) is 0 Å². The third kappa shape index (κ3) is 3.43. The molecule has 4 amide bonds. The highest BCUT2D eigenvalue weighted by Gasteiger charge is 2.37. The van der Waals surface area contributed by atoms with Gasteiger partial charge in [0, 0.05) is 0 Å². The number of hydrogen-bond acceptors (Lipinski definition) is 6. The van der Waals surface area contributed by atoms with Gasteiger partial charge in [-0.2, -0.15) is 0 Å². The predicted octanol–water partition coefficient (Wildman–Crippen LogP) is 2.61. The van der Waals surface area contributed by atoms with Crippen LogP contribution in [-0.2, 0) is 9.68 Å². The number of hydroxylamine groups is 4. The van der Waals surface area contributed by atoms with Gasteiger partial charge in [0.05, 0.1) is 35.5 Å². The minimum absolute atomic E-state index is 0.193. The maximum Gasteiger partial charge on any atom is 0.285 e. The van der Waals surface area contributed by atoms with E-state index in [1.807, 2.05) is 0 Å². The summed E-state index contributed by atoms with van der Waals surface area (Å²) in [6.07, 6.45) is 1.84. The number of unbranched alkanes of at least 4 members (excludes halogenated alkanes) is 2. The Morgan fingerprint density at radius 2 is 0.828 bits per heavy atom. The van der Waals surface area contributed by atoms with E-state index in [0.717, 1.165) is 10.1 Å². The Morgan fingerprint density at radius 3 is 1.14 bits per heavy atom. The van der Waals surface area contributed by atoms with E-state index in [4.69, 9.17) is 9.68 Å². The number of rotatable bonds is 8. The average molecular weight is 394 g/mol. The van der Waals surface area contributed by atoms with Crippen molar-refractivity contribution in [3.05, 3.63) is 70.8 Å². The predicted molar refractivity (Wildman–Crippen MR) is 99.6 cm³/mol. The molecule has 4 rings (SSSR count). The normalized spacial score (nSPS) is 15.3. The number of nitrogens with zero attached hydrogens (tertiary/aromatic N) is 2. The molecule has 0 unspecified atom stereocenters. The first kappa shape index (κ1) is 19.0. The highest BCUT2D eigenvalue weighted by atomic mass is 16.7. The molecular weight excluding hydrogens is 376 g/mol. The van der Waals surface area contributed by atoms with Gasteiger partial charge in [0.15, 0.2) is 0 Å². The molecule has 0 aliphatic carbocycles. The van der Waals surface area contributed by atoms with Crippen molar-refractivity contribution < 1.29 is 28.9 Å². The summed E-state index contributed by atoms with van der Waals surface area (Å²) >= 11 is 0. The minimum atomic E-state index is -0.459. The summed E-state index contributed by atoms with van der Waals surface area (Å²) in [5, 5.41) is 1.58. The minimum Gasteiger partial charge on any atom is -0.266 e. The van der Waals surface area contributed by atoms with Gasteiger partial charge in [0.1, 0.15) is 0 Å². The first-order valence-electron chi connectivity index (χ1n) is 9.31. The molecule has 0 saturated carbocycles. The second kappa shape index (κ2) is 7.94. The monoisotopic (exact) mass is 394 g/mol. The molecule has 2 aromatic rings. The lowest BCUT2D eigenvalue weighted by molar-refractivity contribution is -0.0978. The maximum absolute atomic E-state index is 12.2. The molecular formula is C21H18N2O6. The molecule has 0 fully saturated rings. The first-order chi connectivity index (χ1) is 14.1. The lowest BCUT2D eigenvalue weighted by Crippen LogP contribution is -2.30.